The van der Waals surface area contributed by atoms with Crippen LogP contribution in [0.5, 0.6) is 0 Å². The molecule has 0 bridgehead atoms. The van der Waals surface area contributed by atoms with Crippen molar-refractivity contribution in [2.75, 3.05) is 13.1 Å². The van der Waals surface area contributed by atoms with Crippen LogP contribution >= 0.6 is 0 Å². The Labute approximate surface area is 158 Å². The fraction of sp³-hybridized carbons (Fsp3) is 0.417. The van der Waals surface area contributed by atoms with Crippen molar-refractivity contribution in [2.24, 2.45) is 5.92 Å². The van der Waals surface area contributed by atoms with Crippen LogP contribution in [0.25, 0.3) is 0 Å². The molecule has 0 amide bonds. The molecule has 0 spiro atoms. The largest absolute Gasteiger partial charge is 0.349 e. The minimum atomic E-state index is 0.870. The van der Waals surface area contributed by atoms with E-state index in [2.05, 4.69) is 59.8 Å². The summed E-state index contributed by atoms with van der Waals surface area (Å²) < 4.78 is 0. The van der Waals surface area contributed by atoms with Gasteiger partial charge in [-0.15, -0.1) is 0 Å². The third kappa shape index (κ3) is 4.12. The SMILES string of the molecule is C=C1CN(CC2=CC(Cc3cccc(CC4CCCC4)c3)=CC2)C(=C)N1. The normalized spacial score (nSPS) is 20.5. The van der Waals surface area contributed by atoms with Gasteiger partial charge in [0.05, 0.1) is 12.4 Å². The number of nitrogens with zero attached hydrogens (tertiary/aromatic N) is 1. The van der Waals surface area contributed by atoms with Crippen molar-refractivity contribution in [1.82, 2.24) is 10.2 Å². The quantitative estimate of drug-likeness (QED) is 0.770. The Morgan fingerprint density at radius 2 is 1.92 bits per heavy atom. The molecule has 26 heavy (non-hydrogen) atoms. The molecule has 1 aromatic rings. The number of allylic oxidation sites excluding steroid dienone is 3. The van der Waals surface area contributed by atoms with Gasteiger partial charge in [0.15, 0.2) is 0 Å². The lowest BCUT2D eigenvalue weighted by Crippen LogP contribution is -2.21. The first-order chi connectivity index (χ1) is 12.7. The molecule has 1 saturated heterocycles. The molecule has 0 radical (unpaired) electrons. The highest BCUT2D eigenvalue weighted by atomic mass is 15.3. The van der Waals surface area contributed by atoms with Gasteiger partial charge in [-0.25, -0.2) is 0 Å². The smallest absolute Gasteiger partial charge is 0.0987 e. The van der Waals surface area contributed by atoms with E-state index in [-0.39, 0.29) is 0 Å². The second-order valence-corrected chi connectivity index (χ2v) is 8.17. The standard InChI is InChI=1S/C24H30N2/c1-18-16-26(19(2)25-18)17-24-11-10-23(15-24)14-22-9-5-8-21(13-22)12-20-6-3-4-7-20/h5,8-10,13,15,20,25H,1-4,6-7,11-12,14,16-17H2. The summed E-state index contributed by atoms with van der Waals surface area (Å²) in [4.78, 5) is 2.27. The van der Waals surface area contributed by atoms with Crippen molar-refractivity contribution < 1.29 is 0 Å². The van der Waals surface area contributed by atoms with Crippen LogP contribution in [0.2, 0.25) is 0 Å². The lowest BCUT2D eigenvalue weighted by molar-refractivity contribution is 0.434. The van der Waals surface area contributed by atoms with Crippen molar-refractivity contribution >= 4 is 0 Å². The summed E-state index contributed by atoms with van der Waals surface area (Å²) in [5.74, 6) is 1.89. The van der Waals surface area contributed by atoms with E-state index < -0.39 is 0 Å². The zero-order chi connectivity index (χ0) is 17.9. The van der Waals surface area contributed by atoms with Crippen molar-refractivity contribution in [1.29, 1.82) is 0 Å². The van der Waals surface area contributed by atoms with Crippen LogP contribution in [0.15, 0.2) is 72.2 Å². The van der Waals surface area contributed by atoms with Crippen LogP contribution in [-0.4, -0.2) is 18.0 Å². The number of hydrogen-bond acceptors (Lipinski definition) is 2. The molecule has 0 atom stereocenters. The fourth-order valence-corrected chi connectivity index (χ4v) is 4.57. The van der Waals surface area contributed by atoms with Gasteiger partial charge in [-0.05, 0) is 47.5 Å². The summed E-state index contributed by atoms with van der Waals surface area (Å²) >= 11 is 0. The molecule has 1 saturated carbocycles. The van der Waals surface area contributed by atoms with Gasteiger partial charge in [-0.3, -0.25) is 0 Å². The van der Waals surface area contributed by atoms with Crippen LogP contribution < -0.4 is 5.32 Å². The third-order valence-electron chi connectivity index (χ3n) is 5.89. The van der Waals surface area contributed by atoms with E-state index in [0.717, 1.165) is 43.4 Å². The van der Waals surface area contributed by atoms with E-state index in [0.29, 0.717) is 0 Å². The predicted octanol–water partition coefficient (Wildman–Crippen LogP) is 5.11. The number of hydrogen-bond donors (Lipinski definition) is 1. The maximum Gasteiger partial charge on any atom is 0.0987 e. The average molecular weight is 347 g/mol. The van der Waals surface area contributed by atoms with E-state index in [4.69, 9.17) is 0 Å². The van der Waals surface area contributed by atoms with Gasteiger partial charge in [0.1, 0.15) is 0 Å². The molecule has 3 aliphatic rings. The van der Waals surface area contributed by atoms with Crippen molar-refractivity contribution in [3.63, 3.8) is 0 Å². The topological polar surface area (TPSA) is 15.3 Å². The summed E-state index contributed by atoms with van der Waals surface area (Å²) in [6.45, 7) is 9.90. The molecule has 136 valence electrons. The third-order valence-corrected chi connectivity index (χ3v) is 5.89. The van der Waals surface area contributed by atoms with Gasteiger partial charge in [0.25, 0.3) is 0 Å². The van der Waals surface area contributed by atoms with Gasteiger partial charge >= 0.3 is 0 Å². The molecule has 2 nitrogen and oxygen atoms in total. The van der Waals surface area contributed by atoms with E-state index >= 15 is 0 Å². The second kappa shape index (κ2) is 7.57. The minimum Gasteiger partial charge on any atom is -0.349 e. The van der Waals surface area contributed by atoms with Crippen molar-refractivity contribution in [3.05, 3.63) is 83.4 Å². The van der Waals surface area contributed by atoms with E-state index in [9.17, 15) is 0 Å². The monoisotopic (exact) mass is 346 g/mol. The predicted molar refractivity (Wildman–Crippen MR) is 110 cm³/mol. The molecular formula is C24H30N2. The molecule has 2 fully saturated rings. The molecule has 1 heterocycles. The molecule has 0 unspecified atom stereocenters. The van der Waals surface area contributed by atoms with Gasteiger partial charge in [0.2, 0.25) is 0 Å². The van der Waals surface area contributed by atoms with Crippen LogP contribution in [0.4, 0.5) is 0 Å². The van der Waals surface area contributed by atoms with Crippen molar-refractivity contribution in [2.45, 2.75) is 44.9 Å². The number of benzene rings is 1. The zero-order valence-corrected chi connectivity index (χ0v) is 15.8. The molecule has 1 aliphatic heterocycles. The average Bonchev–Trinajstić information content (AvgIpc) is 3.32. The van der Waals surface area contributed by atoms with Crippen LogP contribution in [0.3, 0.4) is 0 Å². The summed E-state index contributed by atoms with van der Waals surface area (Å²) in [5, 5.41) is 3.22. The van der Waals surface area contributed by atoms with Crippen LogP contribution in [-0.2, 0) is 12.8 Å². The highest BCUT2D eigenvalue weighted by molar-refractivity contribution is 5.39. The summed E-state index contributed by atoms with van der Waals surface area (Å²) in [7, 11) is 0. The van der Waals surface area contributed by atoms with E-state index in [1.54, 1.807) is 0 Å². The maximum absolute atomic E-state index is 4.08. The Kier molecular flexibility index (Phi) is 5.01. The lowest BCUT2D eigenvalue weighted by atomic mass is 9.95. The van der Waals surface area contributed by atoms with E-state index in [1.165, 1.54) is 54.4 Å². The van der Waals surface area contributed by atoms with Crippen LogP contribution in [0.1, 0.15) is 43.2 Å². The van der Waals surface area contributed by atoms with E-state index in [1.807, 2.05) is 0 Å². The number of nitrogens with one attached hydrogen (secondary N) is 1. The lowest BCUT2D eigenvalue weighted by Gasteiger charge is -2.17. The Bertz CT molecular complexity index is 762. The fourth-order valence-electron chi connectivity index (χ4n) is 4.57. The molecule has 2 heteroatoms. The molecule has 4 rings (SSSR count). The zero-order valence-electron chi connectivity index (χ0n) is 15.8. The number of rotatable bonds is 6. The Morgan fingerprint density at radius 3 is 2.69 bits per heavy atom. The molecule has 2 aliphatic carbocycles. The Morgan fingerprint density at radius 1 is 1.12 bits per heavy atom. The Balaban J connectivity index is 1.35. The molecule has 1 N–H and O–H groups in total. The molecular weight excluding hydrogens is 316 g/mol. The van der Waals surface area contributed by atoms with Crippen LogP contribution in [0, 0.1) is 5.92 Å². The van der Waals surface area contributed by atoms with Gasteiger partial charge < -0.3 is 10.2 Å². The maximum atomic E-state index is 4.08. The first-order valence-corrected chi connectivity index (χ1v) is 10.0. The summed E-state index contributed by atoms with van der Waals surface area (Å²) in [6.07, 6.45) is 13.9. The highest BCUT2D eigenvalue weighted by Gasteiger charge is 2.20. The minimum absolute atomic E-state index is 0.870. The summed E-state index contributed by atoms with van der Waals surface area (Å²) in [6, 6.07) is 9.26. The molecule has 1 aromatic carbocycles. The van der Waals surface area contributed by atoms with Crippen molar-refractivity contribution in [3.8, 4) is 0 Å². The first kappa shape index (κ1) is 17.2. The Hall–Kier alpha value is -2.22. The van der Waals surface area contributed by atoms with Gasteiger partial charge in [-0.1, -0.05) is 75.3 Å². The van der Waals surface area contributed by atoms with Gasteiger partial charge in [0, 0.05) is 12.2 Å². The second-order valence-electron chi connectivity index (χ2n) is 8.17. The highest BCUT2D eigenvalue weighted by Crippen LogP contribution is 2.29. The summed E-state index contributed by atoms with van der Waals surface area (Å²) in [5.41, 5.74) is 6.94. The molecule has 0 aromatic heterocycles. The first-order valence-electron chi connectivity index (χ1n) is 10.0. The van der Waals surface area contributed by atoms with Gasteiger partial charge in [-0.2, -0.15) is 0 Å².